The third kappa shape index (κ3) is 5.74. The second-order valence-electron chi connectivity index (χ2n) is 6.52. The smallest absolute Gasteiger partial charge is 0.228 e. The van der Waals surface area contributed by atoms with Crippen molar-refractivity contribution < 1.29 is 14.1 Å². The standard InChI is InChI=1S/C19H22ClN3O3S/c1-13-12-17(22-26-13)21-19(25)14-6-9-23(10-7-14)18(24)8-11-27-16-4-2-15(20)3-5-16/h2-5,12,14H,6-11H2,1H3,(H,21,22,25). The summed E-state index contributed by atoms with van der Waals surface area (Å²) in [6, 6.07) is 9.30. The van der Waals surface area contributed by atoms with Gasteiger partial charge in [-0.1, -0.05) is 16.8 Å². The number of aryl methyl sites for hydroxylation is 1. The molecule has 0 aliphatic carbocycles. The number of thioether (sulfide) groups is 1. The number of likely N-dealkylation sites (tertiary alicyclic amines) is 1. The van der Waals surface area contributed by atoms with E-state index in [9.17, 15) is 9.59 Å². The molecule has 0 atom stereocenters. The van der Waals surface area contributed by atoms with Crippen molar-refractivity contribution in [1.29, 1.82) is 0 Å². The number of hydrogen-bond donors (Lipinski definition) is 1. The molecule has 6 nitrogen and oxygen atoms in total. The van der Waals surface area contributed by atoms with Crippen LogP contribution in [-0.4, -0.2) is 40.7 Å². The number of nitrogens with zero attached hydrogens (tertiary/aromatic N) is 2. The number of aromatic nitrogens is 1. The van der Waals surface area contributed by atoms with E-state index in [2.05, 4.69) is 10.5 Å². The van der Waals surface area contributed by atoms with Gasteiger partial charge in [-0.05, 0) is 44.0 Å². The minimum Gasteiger partial charge on any atom is -0.360 e. The summed E-state index contributed by atoms with van der Waals surface area (Å²) in [5.74, 6) is 1.80. The summed E-state index contributed by atoms with van der Waals surface area (Å²) >= 11 is 7.52. The van der Waals surface area contributed by atoms with Crippen LogP contribution in [0.1, 0.15) is 25.0 Å². The summed E-state index contributed by atoms with van der Waals surface area (Å²) in [4.78, 5) is 27.6. The summed E-state index contributed by atoms with van der Waals surface area (Å²) in [6.45, 7) is 3.00. The van der Waals surface area contributed by atoms with Crippen LogP contribution in [0, 0.1) is 12.8 Å². The van der Waals surface area contributed by atoms with Crippen LogP contribution in [0.25, 0.3) is 0 Å². The fraction of sp³-hybridized carbons (Fsp3) is 0.421. The van der Waals surface area contributed by atoms with Crippen LogP contribution < -0.4 is 5.32 Å². The molecule has 0 spiro atoms. The topological polar surface area (TPSA) is 75.4 Å². The molecule has 0 saturated carbocycles. The zero-order valence-electron chi connectivity index (χ0n) is 15.1. The molecule has 0 radical (unpaired) electrons. The van der Waals surface area contributed by atoms with E-state index in [4.69, 9.17) is 16.1 Å². The number of rotatable bonds is 6. The number of piperidine rings is 1. The molecular weight excluding hydrogens is 386 g/mol. The maximum absolute atomic E-state index is 12.4. The third-order valence-corrected chi connectivity index (χ3v) is 5.76. The van der Waals surface area contributed by atoms with Crippen molar-refractivity contribution in [2.75, 3.05) is 24.2 Å². The highest BCUT2D eigenvalue weighted by atomic mass is 35.5. The zero-order chi connectivity index (χ0) is 19.2. The number of benzene rings is 1. The van der Waals surface area contributed by atoms with Gasteiger partial charge >= 0.3 is 0 Å². The number of carbonyl (C=O) groups excluding carboxylic acids is 2. The Labute approximate surface area is 167 Å². The lowest BCUT2D eigenvalue weighted by atomic mass is 9.95. The van der Waals surface area contributed by atoms with Gasteiger partial charge in [-0.15, -0.1) is 11.8 Å². The number of hydrogen-bond acceptors (Lipinski definition) is 5. The second-order valence-corrected chi connectivity index (χ2v) is 8.12. The quantitative estimate of drug-likeness (QED) is 0.732. The number of nitrogens with one attached hydrogen (secondary N) is 1. The van der Waals surface area contributed by atoms with Gasteiger partial charge in [-0.25, -0.2) is 0 Å². The Bertz CT molecular complexity index is 786. The van der Waals surface area contributed by atoms with E-state index in [1.807, 2.05) is 29.2 Å². The van der Waals surface area contributed by atoms with Gasteiger partial charge < -0.3 is 14.7 Å². The van der Waals surface area contributed by atoms with E-state index >= 15 is 0 Å². The molecule has 1 fully saturated rings. The molecule has 3 rings (SSSR count). The van der Waals surface area contributed by atoms with Gasteiger partial charge in [0.1, 0.15) is 5.76 Å². The van der Waals surface area contributed by atoms with Crippen LogP contribution in [0.15, 0.2) is 39.8 Å². The lowest BCUT2D eigenvalue weighted by Crippen LogP contribution is -2.41. The number of carbonyl (C=O) groups is 2. The highest BCUT2D eigenvalue weighted by Crippen LogP contribution is 2.23. The van der Waals surface area contributed by atoms with E-state index in [0.29, 0.717) is 49.0 Å². The first-order valence-corrected chi connectivity index (χ1v) is 10.3. The summed E-state index contributed by atoms with van der Waals surface area (Å²) < 4.78 is 4.95. The molecule has 144 valence electrons. The average Bonchev–Trinajstić information content (AvgIpc) is 3.08. The zero-order valence-corrected chi connectivity index (χ0v) is 16.7. The van der Waals surface area contributed by atoms with Gasteiger partial charge in [0.05, 0.1) is 0 Å². The molecule has 0 unspecified atom stereocenters. The molecule has 1 aromatic carbocycles. The van der Waals surface area contributed by atoms with Crippen LogP contribution in [0.3, 0.4) is 0 Å². The molecule has 1 N–H and O–H groups in total. The van der Waals surface area contributed by atoms with E-state index < -0.39 is 0 Å². The highest BCUT2D eigenvalue weighted by Gasteiger charge is 2.27. The molecule has 1 saturated heterocycles. The van der Waals surface area contributed by atoms with Crippen LogP contribution in [0.5, 0.6) is 0 Å². The summed E-state index contributed by atoms with van der Waals surface area (Å²) in [7, 11) is 0. The van der Waals surface area contributed by atoms with Gasteiger partial charge in [-0.3, -0.25) is 9.59 Å². The normalized spacial score (nSPS) is 15.0. The minimum atomic E-state index is -0.102. The van der Waals surface area contributed by atoms with Gasteiger partial charge in [-0.2, -0.15) is 0 Å². The van der Waals surface area contributed by atoms with Crippen molar-refractivity contribution in [3.8, 4) is 0 Å². The van der Waals surface area contributed by atoms with Crippen molar-refractivity contribution in [3.05, 3.63) is 41.1 Å². The molecule has 1 aliphatic heterocycles. The minimum absolute atomic E-state index is 0.0614. The Hall–Kier alpha value is -1.99. The molecule has 27 heavy (non-hydrogen) atoms. The highest BCUT2D eigenvalue weighted by molar-refractivity contribution is 7.99. The van der Waals surface area contributed by atoms with E-state index in [1.54, 1.807) is 24.8 Å². The molecular formula is C19H22ClN3O3S. The maximum Gasteiger partial charge on any atom is 0.228 e. The molecule has 2 heterocycles. The fourth-order valence-corrected chi connectivity index (χ4v) is 3.96. The van der Waals surface area contributed by atoms with Crippen molar-refractivity contribution in [3.63, 3.8) is 0 Å². The van der Waals surface area contributed by atoms with Gasteiger partial charge in [0.15, 0.2) is 5.82 Å². The monoisotopic (exact) mass is 407 g/mol. The SMILES string of the molecule is Cc1cc(NC(=O)C2CCN(C(=O)CCSc3ccc(Cl)cc3)CC2)no1. The Morgan fingerprint density at radius 3 is 2.63 bits per heavy atom. The van der Waals surface area contributed by atoms with Crippen LogP contribution in [-0.2, 0) is 9.59 Å². The van der Waals surface area contributed by atoms with Crippen molar-refractivity contribution in [1.82, 2.24) is 10.1 Å². The van der Waals surface area contributed by atoms with Crippen molar-refractivity contribution in [2.45, 2.75) is 31.1 Å². The lowest BCUT2D eigenvalue weighted by molar-refractivity contribution is -0.134. The molecule has 8 heteroatoms. The summed E-state index contributed by atoms with van der Waals surface area (Å²) in [6.07, 6.45) is 1.82. The van der Waals surface area contributed by atoms with E-state index in [0.717, 1.165) is 10.6 Å². The summed E-state index contributed by atoms with van der Waals surface area (Å²) in [5.41, 5.74) is 0. The molecule has 2 amide bonds. The van der Waals surface area contributed by atoms with Crippen molar-refractivity contribution in [2.24, 2.45) is 5.92 Å². The Balaban J connectivity index is 1.38. The van der Waals surface area contributed by atoms with Gasteiger partial charge in [0, 0.05) is 47.2 Å². The largest absolute Gasteiger partial charge is 0.360 e. The van der Waals surface area contributed by atoms with Gasteiger partial charge in [0.25, 0.3) is 0 Å². The van der Waals surface area contributed by atoms with E-state index in [-0.39, 0.29) is 17.7 Å². The maximum atomic E-state index is 12.4. The van der Waals surface area contributed by atoms with Crippen LogP contribution in [0.2, 0.25) is 5.02 Å². The van der Waals surface area contributed by atoms with Crippen molar-refractivity contribution >= 4 is 41.0 Å². The first-order valence-electron chi connectivity index (χ1n) is 8.91. The number of halogens is 1. The average molecular weight is 408 g/mol. The van der Waals surface area contributed by atoms with Crippen LogP contribution >= 0.6 is 23.4 Å². The third-order valence-electron chi connectivity index (χ3n) is 4.50. The Kier molecular flexibility index (Phi) is 6.79. The van der Waals surface area contributed by atoms with Gasteiger partial charge in [0.2, 0.25) is 11.8 Å². The molecule has 1 aromatic heterocycles. The fourth-order valence-electron chi connectivity index (χ4n) is 2.99. The Morgan fingerprint density at radius 1 is 1.30 bits per heavy atom. The second kappa shape index (κ2) is 9.28. The van der Waals surface area contributed by atoms with Crippen LogP contribution in [0.4, 0.5) is 5.82 Å². The number of anilines is 1. The first kappa shape index (κ1) is 19.8. The lowest BCUT2D eigenvalue weighted by Gasteiger charge is -2.31. The predicted molar refractivity (Wildman–Crippen MR) is 106 cm³/mol. The molecule has 1 aliphatic rings. The Morgan fingerprint density at radius 2 is 2.00 bits per heavy atom. The predicted octanol–water partition coefficient (Wildman–Crippen LogP) is 4.00. The molecule has 0 bridgehead atoms. The summed E-state index contributed by atoms with van der Waals surface area (Å²) in [5, 5.41) is 7.26. The molecule has 2 aromatic rings. The van der Waals surface area contributed by atoms with E-state index in [1.165, 1.54) is 0 Å². The number of amides is 2. The first-order chi connectivity index (χ1) is 13.0.